The van der Waals surface area contributed by atoms with E-state index >= 15 is 0 Å². The first-order valence-electron chi connectivity index (χ1n) is 14.4. The third-order valence-corrected chi connectivity index (χ3v) is 8.30. The van der Waals surface area contributed by atoms with Crippen LogP contribution in [0.1, 0.15) is 46.3 Å². The summed E-state index contributed by atoms with van der Waals surface area (Å²) in [6, 6.07) is 27.8. The average Bonchev–Trinajstić information content (AvgIpc) is 3.22. The van der Waals surface area contributed by atoms with Crippen LogP contribution in [0.25, 0.3) is 0 Å². The minimum Gasteiger partial charge on any atom is -0.497 e. The Morgan fingerprint density at radius 1 is 0.750 bits per heavy atom. The first kappa shape index (κ1) is 28.9. The van der Waals surface area contributed by atoms with Gasteiger partial charge in [-0.2, -0.15) is 0 Å². The van der Waals surface area contributed by atoms with Gasteiger partial charge in [-0.3, -0.25) is 14.5 Å². The number of benzene rings is 4. The van der Waals surface area contributed by atoms with Crippen molar-refractivity contribution >= 4 is 23.1 Å². The molecule has 1 aliphatic carbocycles. The molecule has 224 valence electrons. The van der Waals surface area contributed by atoms with Gasteiger partial charge in [-0.15, -0.1) is 0 Å². The van der Waals surface area contributed by atoms with E-state index in [1.54, 1.807) is 24.1 Å². The predicted octanol–water partition coefficient (Wildman–Crippen LogP) is 6.94. The number of ether oxygens (including phenoxy) is 4. The van der Waals surface area contributed by atoms with Crippen LogP contribution in [0.5, 0.6) is 23.0 Å². The molecule has 2 aliphatic rings. The summed E-state index contributed by atoms with van der Waals surface area (Å²) in [5.74, 6) is 1.37. The first-order valence-corrected chi connectivity index (χ1v) is 14.4. The average molecular weight is 591 g/mol. The lowest BCUT2D eigenvalue weighted by atomic mass is 9.78. The molecule has 0 fully saturated rings. The van der Waals surface area contributed by atoms with Crippen molar-refractivity contribution in [3.8, 4) is 23.0 Å². The maximum absolute atomic E-state index is 14.8. The molecule has 8 nitrogen and oxygen atoms in total. The lowest BCUT2D eigenvalue weighted by molar-refractivity contribution is -0.116. The summed E-state index contributed by atoms with van der Waals surface area (Å²) in [5.41, 5.74) is 4.90. The summed E-state index contributed by atoms with van der Waals surface area (Å²) < 4.78 is 22.3. The van der Waals surface area contributed by atoms with E-state index < -0.39 is 6.04 Å². The number of methoxy groups -OCH3 is 4. The number of fused-ring (bicyclic) bond motifs is 1. The highest BCUT2D eigenvalue weighted by atomic mass is 16.5. The number of allylic oxidation sites excluding steroid dienone is 1. The number of nitrogens with one attached hydrogen (secondary N) is 1. The maximum atomic E-state index is 14.8. The molecule has 1 amide bonds. The normalized spacial score (nSPS) is 17.5. The number of ketones is 1. The largest absolute Gasteiger partial charge is 0.497 e. The van der Waals surface area contributed by atoms with Gasteiger partial charge in [-0.05, 0) is 59.9 Å². The van der Waals surface area contributed by atoms with Crippen LogP contribution in [0.2, 0.25) is 0 Å². The molecule has 6 rings (SSSR count). The molecule has 2 atom stereocenters. The molecular formula is C36H34N2O6. The fourth-order valence-electron chi connectivity index (χ4n) is 6.25. The minimum atomic E-state index is -0.743. The topological polar surface area (TPSA) is 86.3 Å². The lowest BCUT2D eigenvalue weighted by Gasteiger charge is -2.35. The third-order valence-electron chi connectivity index (χ3n) is 8.30. The van der Waals surface area contributed by atoms with Crippen LogP contribution in [0.4, 0.5) is 11.4 Å². The van der Waals surface area contributed by atoms with Crippen LogP contribution in [0.15, 0.2) is 102 Å². The highest BCUT2D eigenvalue weighted by molar-refractivity contribution is 6.12. The lowest BCUT2D eigenvalue weighted by Crippen LogP contribution is -2.38. The smallest absolute Gasteiger partial charge is 0.259 e. The van der Waals surface area contributed by atoms with Gasteiger partial charge in [-0.25, -0.2) is 0 Å². The summed E-state index contributed by atoms with van der Waals surface area (Å²) in [7, 11) is 6.14. The zero-order valence-electron chi connectivity index (χ0n) is 25.1. The third kappa shape index (κ3) is 5.13. The van der Waals surface area contributed by atoms with Crippen molar-refractivity contribution in [1.29, 1.82) is 0 Å². The maximum Gasteiger partial charge on any atom is 0.259 e. The molecule has 0 unspecified atom stereocenters. The fourth-order valence-corrected chi connectivity index (χ4v) is 6.25. The molecule has 8 heteroatoms. The van der Waals surface area contributed by atoms with Crippen molar-refractivity contribution in [3.63, 3.8) is 0 Å². The van der Waals surface area contributed by atoms with Gasteiger partial charge in [0.05, 0.1) is 45.9 Å². The molecule has 44 heavy (non-hydrogen) atoms. The molecule has 0 bridgehead atoms. The van der Waals surface area contributed by atoms with Gasteiger partial charge in [-0.1, -0.05) is 54.6 Å². The molecule has 0 saturated heterocycles. The quantitative estimate of drug-likeness (QED) is 0.250. The number of hydrogen-bond acceptors (Lipinski definition) is 7. The van der Waals surface area contributed by atoms with Crippen molar-refractivity contribution in [2.45, 2.75) is 24.8 Å². The number of nitrogens with zero attached hydrogens (tertiary/aromatic N) is 1. The second kappa shape index (κ2) is 12.2. The van der Waals surface area contributed by atoms with E-state index in [4.69, 9.17) is 18.9 Å². The van der Waals surface area contributed by atoms with Crippen molar-refractivity contribution in [3.05, 3.63) is 119 Å². The van der Waals surface area contributed by atoms with Crippen LogP contribution in [-0.2, 0) is 4.79 Å². The number of rotatable bonds is 7. The molecular weight excluding hydrogens is 556 g/mol. The van der Waals surface area contributed by atoms with Gasteiger partial charge >= 0.3 is 0 Å². The Labute approximate surface area is 256 Å². The van der Waals surface area contributed by atoms with Gasteiger partial charge in [0.1, 0.15) is 5.75 Å². The fraction of sp³-hybridized carbons (Fsp3) is 0.222. The number of amides is 1. The Morgan fingerprint density at radius 3 is 2.11 bits per heavy atom. The van der Waals surface area contributed by atoms with Crippen molar-refractivity contribution in [1.82, 2.24) is 0 Å². The Morgan fingerprint density at radius 2 is 1.43 bits per heavy atom. The predicted molar refractivity (Wildman–Crippen MR) is 169 cm³/mol. The van der Waals surface area contributed by atoms with Gasteiger partial charge in [0.2, 0.25) is 5.75 Å². The van der Waals surface area contributed by atoms with Crippen LogP contribution in [-0.4, -0.2) is 40.1 Å². The summed E-state index contributed by atoms with van der Waals surface area (Å²) >= 11 is 0. The summed E-state index contributed by atoms with van der Waals surface area (Å²) in [5, 5.41) is 3.58. The van der Waals surface area contributed by atoms with Gasteiger partial charge in [0, 0.05) is 23.3 Å². The Balaban J connectivity index is 1.58. The van der Waals surface area contributed by atoms with Crippen LogP contribution < -0.4 is 29.2 Å². The zero-order chi connectivity index (χ0) is 30.8. The number of carbonyl (C=O) groups is 2. The van der Waals surface area contributed by atoms with Gasteiger partial charge in [0.15, 0.2) is 17.3 Å². The number of hydrogen-bond donors (Lipinski definition) is 1. The molecule has 1 N–H and O–H groups in total. The number of carbonyl (C=O) groups excluding carboxylic acids is 2. The summed E-state index contributed by atoms with van der Waals surface area (Å²) in [6.07, 6.45) is 0.944. The van der Waals surface area contributed by atoms with E-state index in [0.717, 1.165) is 22.5 Å². The Bertz CT molecular complexity index is 1720. The Hall–Kier alpha value is -5.24. The van der Waals surface area contributed by atoms with Crippen molar-refractivity contribution < 1.29 is 28.5 Å². The number of Topliss-reactive ketones (excluding diaryl/α,β-unsaturated/α-hetero) is 1. The second-order valence-electron chi connectivity index (χ2n) is 10.7. The van der Waals surface area contributed by atoms with Crippen LogP contribution >= 0.6 is 0 Å². The summed E-state index contributed by atoms with van der Waals surface area (Å²) in [4.78, 5) is 30.9. The van der Waals surface area contributed by atoms with Crippen LogP contribution in [0, 0.1) is 0 Å². The molecule has 1 aliphatic heterocycles. The molecule has 0 saturated carbocycles. The standard InChI is InChI=1S/C36H34N2O6/c1-41-26-14-10-13-23(17-26)34-33-28(18-24(19-30(33)39)22-11-6-5-7-12-22)37-27-15-8-9-16-29(27)38(34)36(40)25-20-31(42-2)35(44-4)32(21-25)43-3/h5-17,20-21,24,34,37H,18-19H2,1-4H3/t24-,34-/m0/s1. The van der Waals surface area contributed by atoms with E-state index in [1.165, 1.54) is 21.3 Å². The van der Waals surface area contributed by atoms with Crippen LogP contribution in [0.3, 0.4) is 0 Å². The monoisotopic (exact) mass is 590 g/mol. The van der Waals surface area contributed by atoms with E-state index in [0.29, 0.717) is 52.7 Å². The molecule has 0 spiro atoms. The summed E-state index contributed by atoms with van der Waals surface area (Å²) in [6.45, 7) is 0. The molecule has 0 aromatic heterocycles. The highest BCUT2D eigenvalue weighted by Gasteiger charge is 2.42. The number of anilines is 2. The number of para-hydroxylation sites is 2. The molecule has 0 radical (unpaired) electrons. The minimum absolute atomic E-state index is 0.00503. The van der Waals surface area contributed by atoms with E-state index in [-0.39, 0.29) is 17.6 Å². The second-order valence-corrected chi connectivity index (χ2v) is 10.7. The molecule has 1 heterocycles. The van der Waals surface area contributed by atoms with E-state index in [9.17, 15) is 9.59 Å². The van der Waals surface area contributed by atoms with Gasteiger partial charge < -0.3 is 24.3 Å². The van der Waals surface area contributed by atoms with E-state index in [1.807, 2.05) is 66.7 Å². The Kier molecular flexibility index (Phi) is 7.98. The SMILES string of the molecule is COc1cccc([C@H]2C3=C(C[C@H](c4ccccc4)CC3=O)Nc3ccccc3N2C(=O)c2cc(OC)c(OC)c(OC)c2)c1. The highest BCUT2D eigenvalue weighted by Crippen LogP contribution is 2.49. The van der Waals surface area contributed by atoms with Gasteiger partial charge in [0.25, 0.3) is 5.91 Å². The van der Waals surface area contributed by atoms with E-state index in [2.05, 4.69) is 17.4 Å². The zero-order valence-corrected chi connectivity index (χ0v) is 25.1. The first-order chi connectivity index (χ1) is 21.5. The molecule has 4 aromatic carbocycles. The van der Waals surface area contributed by atoms with Crippen molar-refractivity contribution in [2.24, 2.45) is 0 Å². The molecule has 4 aromatic rings. The van der Waals surface area contributed by atoms with Crippen molar-refractivity contribution in [2.75, 3.05) is 38.7 Å².